The van der Waals surface area contributed by atoms with E-state index in [-0.39, 0.29) is 11.5 Å². The van der Waals surface area contributed by atoms with Gasteiger partial charge in [-0.3, -0.25) is 9.59 Å². The van der Waals surface area contributed by atoms with Crippen LogP contribution >= 0.6 is 11.8 Å². The first-order chi connectivity index (χ1) is 16.0. The summed E-state index contributed by atoms with van der Waals surface area (Å²) in [5, 5.41) is 9.37. The number of thioether (sulfide) groups is 1. The van der Waals surface area contributed by atoms with Gasteiger partial charge in [-0.2, -0.15) is 5.26 Å². The van der Waals surface area contributed by atoms with Crippen LogP contribution in [0.25, 0.3) is 0 Å². The summed E-state index contributed by atoms with van der Waals surface area (Å²) in [6, 6.07) is 10.1. The number of nitrogens with one attached hydrogen (secondary N) is 2. The summed E-state index contributed by atoms with van der Waals surface area (Å²) in [7, 11) is 1.60. The van der Waals surface area contributed by atoms with Crippen LogP contribution in [0.5, 0.6) is 0 Å². The number of carbonyl (C=O) groups is 2. The van der Waals surface area contributed by atoms with Gasteiger partial charge in [0, 0.05) is 32.4 Å². The molecule has 1 atom stereocenters. The van der Waals surface area contributed by atoms with Gasteiger partial charge in [0.25, 0.3) is 11.8 Å². The second-order valence-electron chi connectivity index (χ2n) is 8.11. The molecule has 2 heterocycles. The zero-order chi connectivity index (χ0) is 23.8. The van der Waals surface area contributed by atoms with Crippen molar-refractivity contribution in [2.24, 2.45) is 0 Å². The highest BCUT2D eigenvalue weighted by atomic mass is 32.2. The molecular formula is C24H32N6O2S. The van der Waals surface area contributed by atoms with E-state index in [1.54, 1.807) is 13.1 Å². The molecule has 1 aromatic rings. The smallest absolute Gasteiger partial charge is 0.267 e. The molecule has 2 N–H and O–H groups in total. The van der Waals surface area contributed by atoms with Gasteiger partial charge in [0.05, 0.1) is 0 Å². The van der Waals surface area contributed by atoms with Crippen LogP contribution in [0.4, 0.5) is 5.69 Å². The zero-order valence-corrected chi connectivity index (χ0v) is 20.2. The van der Waals surface area contributed by atoms with Gasteiger partial charge in [-0.1, -0.05) is 30.0 Å². The predicted molar refractivity (Wildman–Crippen MR) is 132 cm³/mol. The fraction of sp³-hybridized carbons (Fsp3) is 0.458. The Balaban J connectivity index is 1.61. The largest absolute Gasteiger partial charge is 0.337 e. The minimum absolute atomic E-state index is 0.0359. The van der Waals surface area contributed by atoms with E-state index in [0.29, 0.717) is 18.1 Å². The quantitative estimate of drug-likeness (QED) is 0.236. The number of likely N-dealkylation sites (N-methyl/N-ethyl adjacent to an activating group) is 2. The number of hydrogen-bond acceptors (Lipinski definition) is 7. The van der Waals surface area contributed by atoms with Gasteiger partial charge >= 0.3 is 0 Å². The van der Waals surface area contributed by atoms with E-state index in [9.17, 15) is 14.9 Å². The highest BCUT2D eigenvalue weighted by Gasteiger charge is 2.39. The maximum absolute atomic E-state index is 12.9. The van der Waals surface area contributed by atoms with Crippen molar-refractivity contribution in [1.29, 1.82) is 5.26 Å². The summed E-state index contributed by atoms with van der Waals surface area (Å²) in [5.74, 6) is -0.622. The Morgan fingerprint density at radius 2 is 2.03 bits per heavy atom. The molecule has 0 radical (unpaired) electrons. The van der Waals surface area contributed by atoms with E-state index in [4.69, 9.17) is 0 Å². The third kappa shape index (κ3) is 6.16. The molecule has 0 saturated carbocycles. The minimum atomic E-state index is -0.643. The first-order valence-corrected chi connectivity index (χ1v) is 12.2. The Labute approximate surface area is 200 Å². The molecule has 2 fully saturated rings. The maximum Gasteiger partial charge on any atom is 0.267 e. The van der Waals surface area contributed by atoms with Crippen molar-refractivity contribution < 1.29 is 9.59 Å². The number of hydrazine groups is 1. The first-order valence-electron chi connectivity index (χ1n) is 11.3. The minimum Gasteiger partial charge on any atom is -0.337 e. The second kappa shape index (κ2) is 11.9. The van der Waals surface area contributed by atoms with Crippen molar-refractivity contribution in [2.75, 3.05) is 45.2 Å². The standard InChI is InChI=1S/C24H32N6O2S/c1-4-13-28(3)22(31)20(17-25)24-30(5-2)23(32)21(33-24)27-26-19-10-8-18(9-11-19)12-16-29-14-6-7-15-29/h4,8-11,21,26-27H,1,5-7,12-16H2,2-3H3/b24-20-. The van der Waals surface area contributed by atoms with Crippen LogP contribution in [0, 0.1) is 11.3 Å². The van der Waals surface area contributed by atoms with Gasteiger partial charge in [-0.15, -0.1) is 6.58 Å². The molecule has 1 unspecified atom stereocenters. The highest BCUT2D eigenvalue weighted by molar-refractivity contribution is 8.04. The van der Waals surface area contributed by atoms with Gasteiger partial charge in [0.15, 0.2) is 5.37 Å². The van der Waals surface area contributed by atoms with Crippen LogP contribution in [-0.4, -0.2) is 71.7 Å². The molecule has 2 aliphatic rings. The van der Waals surface area contributed by atoms with Crippen molar-refractivity contribution in [3.8, 4) is 6.07 Å². The topological polar surface area (TPSA) is 91.7 Å². The van der Waals surface area contributed by atoms with Crippen LogP contribution in [0.2, 0.25) is 0 Å². The molecule has 9 heteroatoms. The van der Waals surface area contributed by atoms with E-state index in [1.165, 1.54) is 53.1 Å². The average Bonchev–Trinajstić information content (AvgIpc) is 3.45. The SMILES string of the molecule is C=CCN(C)C(=O)/C(C#N)=C1\SC(NNc2ccc(CCN3CCCC3)cc2)C(=O)N1CC. The highest BCUT2D eigenvalue weighted by Crippen LogP contribution is 2.36. The number of rotatable bonds is 10. The molecule has 0 bridgehead atoms. The molecular weight excluding hydrogens is 436 g/mol. The molecule has 3 rings (SSSR count). The summed E-state index contributed by atoms with van der Waals surface area (Å²) < 4.78 is 0. The number of carbonyl (C=O) groups excluding carboxylic acids is 2. The summed E-state index contributed by atoms with van der Waals surface area (Å²) in [5.41, 5.74) is 8.22. The molecule has 2 amide bonds. The monoisotopic (exact) mass is 468 g/mol. The van der Waals surface area contributed by atoms with Gasteiger partial charge in [-0.05, 0) is 57.0 Å². The van der Waals surface area contributed by atoms with E-state index in [0.717, 1.165) is 18.7 Å². The Hall–Kier alpha value is -2.80. The molecule has 0 aliphatic carbocycles. The number of benzene rings is 1. The summed E-state index contributed by atoms with van der Waals surface area (Å²) in [6.07, 6.45) is 5.21. The van der Waals surface area contributed by atoms with E-state index in [1.807, 2.05) is 25.1 Å². The number of likely N-dealkylation sites (tertiary alicyclic amines) is 1. The molecule has 8 nitrogen and oxygen atoms in total. The fourth-order valence-electron chi connectivity index (χ4n) is 3.90. The van der Waals surface area contributed by atoms with Crippen LogP contribution in [0.3, 0.4) is 0 Å². The Morgan fingerprint density at radius 3 is 2.64 bits per heavy atom. The zero-order valence-electron chi connectivity index (χ0n) is 19.3. The third-order valence-electron chi connectivity index (χ3n) is 5.79. The van der Waals surface area contributed by atoms with E-state index < -0.39 is 11.3 Å². The molecule has 33 heavy (non-hydrogen) atoms. The molecule has 0 spiro atoms. The summed E-state index contributed by atoms with van der Waals surface area (Å²) in [4.78, 5) is 30.9. The summed E-state index contributed by atoms with van der Waals surface area (Å²) in [6.45, 7) is 9.62. The lowest BCUT2D eigenvalue weighted by Crippen LogP contribution is -2.40. The molecule has 2 aliphatic heterocycles. The number of nitriles is 1. The number of amides is 2. The molecule has 176 valence electrons. The van der Waals surface area contributed by atoms with Gasteiger partial charge in [0.2, 0.25) is 0 Å². The van der Waals surface area contributed by atoms with Crippen LogP contribution < -0.4 is 10.9 Å². The Kier molecular flexibility index (Phi) is 8.95. The molecule has 0 aromatic heterocycles. The number of nitrogens with zero attached hydrogens (tertiary/aromatic N) is 4. The number of anilines is 1. The van der Waals surface area contributed by atoms with E-state index >= 15 is 0 Å². The van der Waals surface area contributed by atoms with Crippen molar-refractivity contribution in [3.63, 3.8) is 0 Å². The normalized spacial score (nSPS) is 20.0. The molecule has 2 saturated heterocycles. The average molecular weight is 469 g/mol. The lowest BCUT2D eigenvalue weighted by Gasteiger charge is -2.18. The van der Waals surface area contributed by atoms with Crippen LogP contribution in [-0.2, 0) is 16.0 Å². The lowest BCUT2D eigenvalue weighted by molar-refractivity contribution is -0.127. The Bertz CT molecular complexity index is 933. The van der Waals surface area contributed by atoms with Gasteiger partial charge in [0.1, 0.15) is 16.7 Å². The first kappa shape index (κ1) is 24.8. The van der Waals surface area contributed by atoms with Gasteiger partial charge < -0.3 is 20.1 Å². The van der Waals surface area contributed by atoms with Gasteiger partial charge in [-0.25, -0.2) is 5.43 Å². The third-order valence-corrected chi connectivity index (χ3v) is 6.99. The number of hydrogen-bond donors (Lipinski definition) is 2. The van der Waals surface area contributed by atoms with Crippen molar-refractivity contribution in [2.45, 2.75) is 31.6 Å². The molecule has 1 aromatic carbocycles. The fourth-order valence-corrected chi connectivity index (χ4v) is 5.07. The Morgan fingerprint density at radius 1 is 1.33 bits per heavy atom. The predicted octanol–water partition coefficient (Wildman–Crippen LogP) is 2.54. The van der Waals surface area contributed by atoms with E-state index in [2.05, 4.69) is 34.5 Å². The summed E-state index contributed by atoms with van der Waals surface area (Å²) >= 11 is 1.17. The lowest BCUT2D eigenvalue weighted by atomic mass is 10.1. The second-order valence-corrected chi connectivity index (χ2v) is 9.21. The van der Waals surface area contributed by atoms with Crippen LogP contribution in [0.1, 0.15) is 25.3 Å². The van der Waals surface area contributed by atoms with Crippen molar-refractivity contribution in [3.05, 3.63) is 53.1 Å². The van der Waals surface area contributed by atoms with Crippen LogP contribution in [0.15, 0.2) is 47.5 Å². The van der Waals surface area contributed by atoms with Crippen molar-refractivity contribution in [1.82, 2.24) is 20.1 Å². The van der Waals surface area contributed by atoms with Crippen molar-refractivity contribution >= 4 is 29.3 Å². The maximum atomic E-state index is 12.9.